The molecule has 3 aromatic rings. The van der Waals surface area contributed by atoms with Crippen LogP contribution in [0.3, 0.4) is 0 Å². The van der Waals surface area contributed by atoms with Gasteiger partial charge in [-0.15, -0.1) is 0 Å². The number of benzene rings is 3. The number of hydrogen-bond donors (Lipinski definition) is 3. The van der Waals surface area contributed by atoms with Gasteiger partial charge in [-0.3, -0.25) is 14.4 Å². The second-order valence-corrected chi connectivity index (χ2v) is 12.2. The Morgan fingerprint density at radius 2 is 1.61 bits per heavy atom. The third-order valence-corrected chi connectivity index (χ3v) is 8.22. The van der Waals surface area contributed by atoms with Gasteiger partial charge in [-0.25, -0.2) is 0 Å². The summed E-state index contributed by atoms with van der Waals surface area (Å²) in [7, 11) is 0. The van der Waals surface area contributed by atoms with Crippen molar-refractivity contribution in [1.29, 1.82) is 0 Å². The highest BCUT2D eigenvalue weighted by Gasteiger charge is 2.50. The number of aliphatic hydroxyl groups is 1. The third kappa shape index (κ3) is 6.63. The highest BCUT2D eigenvalue weighted by Crippen LogP contribution is 2.46. The van der Waals surface area contributed by atoms with Crippen molar-refractivity contribution in [2.45, 2.75) is 52.7 Å². The Labute approximate surface area is 246 Å². The van der Waals surface area contributed by atoms with E-state index in [1.54, 1.807) is 29.2 Å². The lowest BCUT2D eigenvalue weighted by molar-refractivity contribution is -0.155. The van der Waals surface area contributed by atoms with Crippen molar-refractivity contribution in [1.82, 2.24) is 10.2 Å². The molecule has 41 heavy (non-hydrogen) atoms. The number of hydrogen-bond acceptors (Lipinski definition) is 4. The highest BCUT2D eigenvalue weighted by atomic mass is 35.5. The number of piperidine rings is 1. The van der Waals surface area contributed by atoms with Crippen LogP contribution in [0, 0.1) is 11.3 Å². The van der Waals surface area contributed by atoms with E-state index in [1.807, 2.05) is 76.2 Å². The van der Waals surface area contributed by atoms with Gasteiger partial charge in [0.2, 0.25) is 11.8 Å². The first-order valence-electron chi connectivity index (χ1n) is 13.9. The summed E-state index contributed by atoms with van der Waals surface area (Å²) in [6.07, 6.45) is 0.370. The van der Waals surface area contributed by atoms with E-state index in [9.17, 15) is 19.5 Å². The molecule has 1 fully saturated rings. The molecule has 0 bridgehead atoms. The maximum Gasteiger partial charge on any atom is 0.251 e. The van der Waals surface area contributed by atoms with Crippen molar-refractivity contribution in [3.05, 3.63) is 88.9 Å². The van der Waals surface area contributed by atoms with Crippen LogP contribution in [0.25, 0.3) is 11.1 Å². The topological polar surface area (TPSA) is 98.7 Å². The van der Waals surface area contributed by atoms with E-state index in [1.165, 1.54) is 6.92 Å². The van der Waals surface area contributed by atoms with Gasteiger partial charge in [-0.05, 0) is 65.4 Å². The maximum absolute atomic E-state index is 13.8. The van der Waals surface area contributed by atoms with Crippen molar-refractivity contribution in [2.75, 3.05) is 18.4 Å². The van der Waals surface area contributed by atoms with Crippen LogP contribution < -0.4 is 10.6 Å². The summed E-state index contributed by atoms with van der Waals surface area (Å²) in [5, 5.41) is 18.0. The minimum atomic E-state index is -1.12. The number of nitrogens with zero attached hydrogens (tertiary/aromatic N) is 1. The number of nitrogens with one attached hydrogen (secondary N) is 2. The van der Waals surface area contributed by atoms with Gasteiger partial charge in [0.1, 0.15) is 6.04 Å². The van der Waals surface area contributed by atoms with Crippen molar-refractivity contribution >= 4 is 35.0 Å². The fourth-order valence-electron chi connectivity index (χ4n) is 5.50. The quantitative estimate of drug-likeness (QED) is 0.328. The Morgan fingerprint density at radius 1 is 0.951 bits per heavy atom. The van der Waals surface area contributed by atoms with Crippen molar-refractivity contribution in [3.63, 3.8) is 0 Å². The average molecular weight is 576 g/mol. The first-order valence-corrected chi connectivity index (χ1v) is 14.2. The van der Waals surface area contributed by atoms with Gasteiger partial charge in [0.05, 0.1) is 5.60 Å². The third-order valence-electron chi connectivity index (χ3n) is 7.97. The fourth-order valence-corrected chi connectivity index (χ4v) is 5.62. The molecule has 3 aromatic carbocycles. The van der Waals surface area contributed by atoms with Crippen LogP contribution >= 0.6 is 11.6 Å². The van der Waals surface area contributed by atoms with E-state index >= 15 is 0 Å². The summed E-state index contributed by atoms with van der Waals surface area (Å²) < 4.78 is 0. The van der Waals surface area contributed by atoms with Crippen LogP contribution in [0.4, 0.5) is 5.69 Å². The second kappa shape index (κ2) is 12.0. The van der Waals surface area contributed by atoms with Gasteiger partial charge in [-0.2, -0.15) is 0 Å². The molecule has 0 saturated carbocycles. The molecule has 1 saturated heterocycles. The second-order valence-electron chi connectivity index (χ2n) is 11.8. The molecule has 0 unspecified atom stereocenters. The largest absolute Gasteiger partial charge is 0.384 e. The van der Waals surface area contributed by atoms with Gasteiger partial charge >= 0.3 is 0 Å². The summed E-state index contributed by atoms with van der Waals surface area (Å²) in [5.41, 5.74) is 1.91. The zero-order valence-corrected chi connectivity index (χ0v) is 25.0. The van der Waals surface area contributed by atoms with Crippen LogP contribution in [-0.2, 0) is 15.2 Å². The number of rotatable bonds is 7. The molecular formula is C33H38ClN3O4. The Bertz CT molecular complexity index is 1420. The predicted molar refractivity (Wildman–Crippen MR) is 163 cm³/mol. The molecular weight excluding hydrogens is 538 g/mol. The Kier molecular flexibility index (Phi) is 8.90. The standard InChI is InChI=1S/C33H38ClN3O4/c1-21(2)29(31(40)37-18-17-33(41,32(4,5)20-37)26-11-13-27(34)14-12-26)36-30(39)25-8-6-7-24(19-25)23-9-15-28(16-10-23)35-22(3)38/h6-16,19,21,29,41H,17-18,20H2,1-5H3,(H,35,38)(H,36,39)/t29-,33+/m1/s1. The molecule has 1 aliphatic rings. The van der Waals surface area contributed by atoms with E-state index in [4.69, 9.17) is 11.6 Å². The normalized spacial score (nSPS) is 19.0. The molecule has 1 heterocycles. The molecule has 4 rings (SSSR count). The van der Waals surface area contributed by atoms with Crippen LogP contribution in [-0.4, -0.2) is 46.9 Å². The molecule has 2 atom stereocenters. The van der Waals surface area contributed by atoms with Crippen LogP contribution in [0.15, 0.2) is 72.8 Å². The van der Waals surface area contributed by atoms with Gasteiger partial charge in [0.25, 0.3) is 5.91 Å². The first-order chi connectivity index (χ1) is 19.3. The summed E-state index contributed by atoms with van der Waals surface area (Å²) in [6.45, 7) is 9.90. The van der Waals surface area contributed by atoms with E-state index < -0.39 is 17.1 Å². The monoisotopic (exact) mass is 575 g/mol. The van der Waals surface area contributed by atoms with Crippen molar-refractivity contribution < 1.29 is 19.5 Å². The first kappa shape index (κ1) is 30.3. The minimum Gasteiger partial charge on any atom is -0.384 e. The van der Waals surface area contributed by atoms with Gasteiger partial charge < -0.3 is 20.6 Å². The molecule has 3 amide bonds. The molecule has 7 nitrogen and oxygen atoms in total. The summed E-state index contributed by atoms with van der Waals surface area (Å²) >= 11 is 6.06. The van der Waals surface area contributed by atoms with Crippen LogP contribution in [0.1, 0.15) is 57.0 Å². The molecule has 0 aliphatic carbocycles. The van der Waals surface area contributed by atoms with Gasteiger partial charge in [0.15, 0.2) is 0 Å². The van der Waals surface area contributed by atoms with Gasteiger partial charge in [0, 0.05) is 41.7 Å². The smallest absolute Gasteiger partial charge is 0.251 e. The van der Waals surface area contributed by atoms with E-state index in [0.717, 1.165) is 16.7 Å². The minimum absolute atomic E-state index is 0.142. The fraction of sp³-hybridized carbons (Fsp3) is 0.364. The molecule has 0 radical (unpaired) electrons. The predicted octanol–water partition coefficient (Wildman–Crippen LogP) is 5.87. The molecule has 0 spiro atoms. The van der Waals surface area contributed by atoms with E-state index in [2.05, 4.69) is 10.6 Å². The summed E-state index contributed by atoms with van der Waals surface area (Å²) in [5.74, 6) is -0.779. The Morgan fingerprint density at radius 3 is 2.20 bits per heavy atom. The maximum atomic E-state index is 13.8. The average Bonchev–Trinajstić information content (AvgIpc) is 2.93. The molecule has 3 N–H and O–H groups in total. The molecule has 216 valence electrons. The lowest BCUT2D eigenvalue weighted by Gasteiger charge is -2.51. The van der Waals surface area contributed by atoms with Crippen molar-refractivity contribution in [3.8, 4) is 11.1 Å². The molecule has 0 aromatic heterocycles. The SMILES string of the molecule is CC(=O)Nc1ccc(-c2cccc(C(=O)N[C@@H](C(=O)N3CC[C@](O)(c4ccc(Cl)cc4)C(C)(C)C3)C(C)C)c2)cc1. The summed E-state index contributed by atoms with van der Waals surface area (Å²) in [6, 6.07) is 21.1. The number of amides is 3. The molecule has 8 heteroatoms. The number of carbonyl (C=O) groups is 3. The lowest BCUT2D eigenvalue weighted by Crippen LogP contribution is -2.60. The highest BCUT2D eigenvalue weighted by molar-refractivity contribution is 6.30. The zero-order valence-electron chi connectivity index (χ0n) is 24.2. The number of carbonyl (C=O) groups excluding carboxylic acids is 3. The number of anilines is 1. The molecule has 1 aliphatic heterocycles. The Hall–Kier alpha value is -3.68. The van der Waals surface area contributed by atoms with Crippen molar-refractivity contribution in [2.24, 2.45) is 11.3 Å². The Balaban J connectivity index is 1.48. The van der Waals surface area contributed by atoms with Crippen LogP contribution in [0.2, 0.25) is 5.02 Å². The van der Waals surface area contributed by atoms with Crippen LogP contribution in [0.5, 0.6) is 0 Å². The van der Waals surface area contributed by atoms with Gasteiger partial charge in [-0.1, -0.05) is 75.7 Å². The number of likely N-dealkylation sites (tertiary alicyclic amines) is 1. The number of halogens is 1. The lowest BCUT2D eigenvalue weighted by atomic mass is 9.66. The van der Waals surface area contributed by atoms with E-state index in [-0.39, 0.29) is 23.6 Å². The van der Waals surface area contributed by atoms with E-state index in [0.29, 0.717) is 35.8 Å². The zero-order chi connectivity index (χ0) is 29.9. The summed E-state index contributed by atoms with van der Waals surface area (Å²) in [4.78, 5) is 40.2.